The Bertz CT molecular complexity index is 869. The SMILES string of the molecule is CC1(c2nc(Cc3ccc(-n4ccnc4)cc3)no2)CCNC(=O)C1. The first-order chi connectivity index (χ1) is 12.1. The maximum Gasteiger partial charge on any atom is 0.233 e. The van der Waals surface area contributed by atoms with Gasteiger partial charge in [0, 0.05) is 37.5 Å². The molecule has 7 nitrogen and oxygen atoms in total. The number of nitrogens with zero attached hydrogens (tertiary/aromatic N) is 4. The maximum absolute atomic E-state index is 11.7. The standard InChI is InChI=1S/C18H19N5O2/c1-18(6-7-20-16(24)11-18)17-21-15(22-25-17)10-13-2-4-14(5-3-13)23-9-8-19-12-23/h2-5,8-9,12H,6-7,10-11H2,1H3,(H,20,24). The molecular weight excluding hydrogens is 318 g/mol. The predicted octanol–water partition coefficient (Wildman–Crippen LogP) is 2.01. The molecule has 4 rings (SSSR count). The van der Waals surface area contributed by atoms with Crippen LogP contribution in [0, 0.1) is 0 Å². The van der Waals surface area contributed by atoms with Crippen molar-refractivity contribution in [1.29, 1.82) is 0 Å². The largest absolute Gasteiger partial charge is 0.356 e. The summed E-state index contributed by atoms with van der Waals surface area (Å²) in [6, 6.07) is 8.15. The highest BCUT2D eigenvalue weighted by Crippen LogP contribution is 2.32. The number of amides is 1. The van der Waals surface area contributed by atoms with Crippen molar-refractivity contribution in [3.05, 3.63) is 60.3 Å². The van der Waals surface area contributed by atoms with E-state index in [1.165, 1.54) is 0 Å². The van der Waals surface area contributed by atoms with Gasteiger partial charge in [-0.3, -0.25) is 4.79 Å². The summed E-state index contributed by atoms with van der Waals surface area (Å²) in [6.07, 6.45) is 7.20. The first kappa shape index (κ1) is 15.6. The van der Waals surface area contributed by atoms with Crippen LogP contribution in [0.25, 0.3) is 5.69 Å². The molecule has 1 amide bonds. The zero-order chi connectivity index (χ0) is 17.3. The van der Waals surface area contributed by atoms with Gasteiger partial charge < -0.3 is 14.4 Å². The van der Waals surface area contributed by atoms with E-state index in [2.05, 4.69) is 20.4 Å². The molecule has 0 saturated carbocycles. The monoisotopic (exact) mass is 337 g/mol. The van der Waals surface area contributed by atoms with Gasteiger partial charge in [-0.15, -0.1) is 0 Å². The van der Waals surface area contributed by atoms with Crippen molar-refractivity contribution < 1.29 is 9.32 Å². The van der Waals surface area contributed by atoms with E-state index in [1.54, 1.807) is 12.5 Å². The highest BCUT2D eigenvalue weighted by Gasteiger charge is 2.37. The Balaban J connectivity index is 1.48. The van der Waals surface area contributed by atoms with E-state index in [0.29, 0.717) is 31.1 Å². The van der Waals surface area contributed by atoms with Gasteiger partial charge in [0.2, 0.25) is 11.8 Å². The Morgan fingerprint density at radius 3 is 2.88 bits per heavy atom. The van der Waals surface area contributed by atoms with Crippen LogP contribution in [0.1, 0.15) is 37.0 Å². The van der Waals surface area contributed by atoms with Crippen LogP contribution >= 0.6 is 0 Å². The molecule has 1 unspecified atom stereocenters. The van der Waals surface area contributed by atoms with Gasteiger partial charge in [0.15, 0.2) is 5.82 Å². The van der Waals surface area contributed by atoms with E-state index >= 15 is 0 Å². The van der Waals surface area contributed by atoms with Crippen LogP contribution in [0.15, 0.2) is 47.5 Å². The fourth-order valence-corrected chi connectivity index (χ4v) is 3.12. The summed E-state index contributed by atoms with van der Waals surface area (Å²) in [5, 5.41) is 6.93. The lowest BCUT2D eigenvalue weighted by molar-refractivity contribution is -0.124. The Hall–Kier alpha value is -2.96. The molecule has 1 N–H and O–H groups in total. The summed E-state index contributed by atoms with van der Waals surface area (Å²) in [6.45, 7) is 2.64. The van der Waals surface area contributed by atoms with Gasteiger partial charge in [0.05, 0.1) is 11.7 Å². The molecular formula is C18H19N5O2. The van der Waals surface area contributed by atoms with E-state index in [-0.39, 0.29) is 11.3 Å². The normalized spacial score (nSPS) is 20.4. The number of benzene rings is 1. The average Bonchev–Trinajstić information content (AvgIpc) is 3.27. The number of hydrogen-bond acceptors (Lipinski definition) is 5. The molecule has 0 radical (unpaired) electrons. The Labute approximate surface area is 145 Å². The lowest BCUT2D eigenvalue weighted by Gasteiger charge is -2.29. The molecule has 25 heavy (non-hydrogen) atoms. The first-order valence-corrected chi connectivity index (χ1v) is 8.29. The molecule has 1 fully saturated rings. The fraction of sp³-hybridized carbons (Fsp3) is 0.333. The summed E-state index contributed by atoms with van der Waals surface area (Å²) < 4.78 is 7.41. The lowest BCUT2D eigenvalue weighted by Crippen LogP contribution is -2.41. The molecule has 1 atom stereocenters. The molecule has 1 saturated heterocycles. The topological polar surface area (TPSA) is 85.8 Å². The van der Waals surface area contributed by atoms with Crippen LogP contribution in [-0.4, -0.2) is 32.1 Å². The minimum Gasteiger partial charge on any atom is -0.356 e. The van der Waals surface area contributed by atoms with Gasteiger partial charge in [0.1, 0.15) is 0 Å². The summed E-state index contributed by atoms with van der Waals surface area (Å²) in [5.74, 6) is 1.22. The van der Waals surface area contributed by atoms with E-state index in [0.717, 1.165) is 17.7 Å². The summed E-state index contributed by atoms with van der Waals surface area (Å²) in [5.41, 5.74) is 1.78. The molecule has 0 bridgehead atoms. The van der Waals surface area contributed by atoms with Crippen LogP contribution in [0.2, 0.25) is 0 Å². The van der Waals surface area contributed by atoms with Crippen molar-refractivity contribution in [2.24, 2.45) is 0 Å². The molecule has 128 valence electrons. The minimum absolute atomic E-state index is 0.0311. The number of hydrogen-bond donors (Lipinski definition) is 1. The molecule has 2 aromatic heterocycles. The molecule has 1 aliphatic rings. The van der Waals surface area contributed by atoms with E-state index < -0.39 is 0 Å². The molecule has 0 aliphatic carbocycles. The van der Waals surface area contributed by atoms with Gasteiger partial charge in [-0.2, -0.15) is 4.98 Å². The smallest absolute Gasteiger partial charge is 0.233 e. The number of imidazole rings is 1. The number of aromatic nitrogens is 4. The highest BCUT2D eigenvalue weighted by molar-refractivity contribution is 5.78. The fourth-order valence-electron chi connectivity index (χ4n) is 3.12. The zero-order valence-corrected chi connectivity index (χ0v) is 14.0. The minimum atomic E-state index is -0.376. The van der Waals surface area contributed by atoms with Gasteiger partial charge in [-0.05, 0) is 24.1 Å². The van der Waals surface area contributed by atoms with Crippen molar-refractivity contribution in [2.75, 3.05) is 6.54 Å². The highest BCUT2D eigenvalue weighted by atomic mass is 16.5. The molecule has 3 aromatic rings. The van der Waals surface area contributed by atoms with Crippen LogP contribution in [0.3, 0.4) is 0 Å². The van der Waals surface area contributed by atoms with Crippen molar-refractivity contribution in [2.45, 2.75) is 31.6 Å². The quantitative estimate of drug-likeness (QED) is 0.787. The number of nitrogens with one attached hydrogen (secondary N) is 1. The summed E-state index contributed by atoms with van der Waals surface area (Å²) >= 11 is 0. The van der Waals surface area contributed by atoms with Crippen molar-refractivity contribution in [3.8, 4) is 5.69 Å². The Morgan fingerprint density at radius 2 is 2.16 bits per heavy atom. The predicted molar refractivity (Wildman–Crippen MR) is 90.3 cm³/mol. The molecule has 0 spiro atoms. The van der Waals surface area contributed by atoms with Crippen LogP contribution < -0.4 is 5.32 Å². The van der Waals surface area contributed by atoms with Crippen molar-refractivity contribution in [3.63, 3.8) is 0 Å². The third-order valence-electron chi connectivity index (χ3n) is 4.64. The van der Waals surface area contributed by atoms with Gasteiger partial charge in [0.25, 0.3) is 0 Å². The zero-order valence-electron chi connectivity index (χ0n) is 14.0. The second-order valence-electron chi connectivity index (χ2n) is 6.67. The number of piperidine rings is 1. The van der Waals surface area contributed by atoms with E-state index in [4.69, 9.17) is 4.52 Å². The van der Waals surface area contributed by atoms with Crippen molar-refractivity contribution >= 4 is 5.91 Å². The third-order valence-corrected chi connectivity index (χ3v) is 4.64. The first-order valence-electron chi connectivity index (χ1n) is 8.29. The molecule has 3 heterocycles. The maximum atomic E-state index is 11.7. The summed E-state index contributed by atoms with van der Waals surface area (Å²) in [7, 11) is 0. The Kier molecular flexibility index (Phi) is 3.83. The van der Waals surface area contributed by atoms with Gasteiger partial charge in [-0.1, -0.05) is 24.2 Å². The molecule has 7 heteroatoms. The molecule has 1 aromatic carbocycles. The second-order valence-corrected chi connectivity index (χ2v) is 6.67. The lowest BCUT2D eigenvalue weighted by atomic mass is 9.80. The van der Waals surface area contributed by atoms with Gasteiger partial charge in [-0.25, -0.2) is 4.98 Å². The number of carbonyl (C=O) groups is 1. The molecule has 1 aliphatic heterocycles. The van der Waals surface area contributed by atoms with E-state index in [1.807, 2.05) is 42.0 Å². The number of carbonyl (C=O) groups excluding carboxylic acids is 1. The van der Waals surface area contributed by atoms with Crippen LogP contribution in [0.4, 0.5) is 0 Å². The van der Waals surface area contributed by atoms with Crippen molar-refractivity contribution in [1.82, 2.24) is 25.0 Å². The van der Waals surface area contributed by atoms with E-state index in [9.17, 15) is 4.79 Å². The number of rotatable bonds is 4. The third kappa shape index (κ3) is 3.17. The van der Waals surface area contributed by atoms with Crippen LogP contribution in [0.5, 0.6) is 0 Å². The average molecular weight is 337 g/mol. The Morgan fingerprint density at radius 1 is 1.32 bits per heavy atom. The van der Waals surface area contributed by atoms with Crippen LogP contribution in [-0.2, 0) is 16.6 Å². The summed E-state index contributed by atoms with van der Waals surface area (Å²) in [4.78, 5) is 20.3. The second kappa shape index (κ2) is 6.16. The van der Waals surface area contributed by atoms with Gasteiger partial charge >= 0.3 is 0 Å².